The molecule has 0 fully saturated rings. The van der Waals surface area contributed by atoms with Gasteiger partial charge in [0.2, 0.25) is 5.91 Å². The zero-order valence-corrected chi connectivity index (χ0v) is 15.2. The van der Waals surface area contributed by atoms with Crippen LogP contribution in [-0.4, -0.2) is 26.4 Å². The van der Waals surface area contributed by atoms with Gasteiger partial charge in [0.15, 0.2) is 16.7 Å². The summed E-state index contributed by atoms with van der Waals surface area (Å²) in [5.41, 5.74) is 1.000. The molecule has 2 aromatic heterocycles. The van der Waals surface area contributed by atoms with Gasteiger partial charge >= 0.3 is 0 Å². The molecule has 3 rings (SSSR count). The van der Waals surface area contributed by atoms with Gasteiger partial charge in [0.25, 0.3) is 0 Å². The molecule has 0 aliphatic carbocycles. The lowest BCUT2D eigenvalue weighted by molar-refractivity contribution is -0.118. The van der Waals surface area contributed by atoms with E-state index < -0.39 is 0 Å². The average molecular weight is 377 g/mol. The van der Waals surface area contributed by atoms with E-state index in [1.165, 1.54) is 11.8 Å². The molecular formula is C17H17ClN4O2S. The maximum atomic E-state index is 12.1. The first-order chi connectivity index (χ1) is 12.2. The first-order valence-corrected chi connectivity index (χ1v) is 9.14. The van der Waals surface area contributed by atoms with Gasteiger partial charge in [-0.1, -0.05) is 35.5 Å². The highest BCUT2D eigenvalue weighted by molar-refractivity contribution is 7.99. The van der Waals surface area contributed by atoms with Crippen molar-refractivity contribution >= 4 is 29.3 Å². The number of aromatic nitrogens is 3. The van der Waals surface area contributed by atoms with Crippen LogP contribution in [0, 0.1) is 0 Å². The first kappa shape index (κ1) is 17.6. The summed E-state index contributed by atoms with van der Waals surface area (Å²) in [5, 5.41) is 12.6. The Hall–Kier alpha value is -2.25. The minimum Gasteiger partial charge on any atom is -0.461 e. The van der Waals surface area contributed by atoms with Crippen LogP contribution in [0.2, 0.25) is 5.02 Å². The Morgan fingerprint density at radius 3 is 2.76 bits per heavy atom. The molecule has 0 saturated carbocycles. The Bertz CT molecular complexity index is 831. The van der Waals surface area contributed by atoms with Gasteiger partial charge in [-0.05, 0) is 36.8 Å². The van der Waals surface area contributed by atoms with Gasteiger partial charge in [0.1, 0.15) is 0 Å². The van der Waals surface area contributed by atoms with Crippen LogP contribution >= 0.6 is 23.4 Å². The smallest absolute Gasteiger partial charge is 0.230 e. The fraction of sp³-hybridized carbons (Fsp3) is 0.235. The molecule has 130 valence electrons. The monoisotopic (exact) mass is 376 g/mol. The molecule has 8 heteroatoms. The topological polar surface area (TPSA) is 73.0 Å². The summed E-state index contributed by atoms with van der Waals surface area (Å²) in [6, 6.07) is 11.0. The number of carbonyl (C=O) groups is 1. The number of benzene rings is 1. The number of nitrogens with zero attached hydrogens (tertiary/aromatic N) is 3. The van der Waals surface area contributed by atoms with Gasteiger partial charge < -0.3 is 9.73 Å². The maximum Gasteiger partial charge on any atom is 0.230 e. The largest absolute Gasteiger partial charge is 0.461 e. The minimum absolute atomic E-state index is 0.0647. The number of hydrogen-bond donors (Lipinski definition) is 1. The zero-order valence-electron chi connectivity index (χ0n) is 13.6. The summed E-state index contributed by atoms with van der Waals surface area (Å²) in [6.45, 7) is 3.16. The average Bonchev–Trinajstić information content (AvgIpc) is 3.28. The highest BCUT2D eigenvalue weighted by Gasteiger charge is 2.16. The van der Waals surface area contributed by atoms with Crippen molar-refractivity contribution in [2.75, 3.05) is 5.75 Å². The van der Waals surface area contributed by atoms with Crippen molar-refractivity contribution in [1.82, 2.24) is 20.1 Å². The minimum atomic E-state index is -0.0647. The summed E-state index contributed by atoms with van der Waals surface area (Å²) >= 11 is 7.20. The number of carbonyl (C=O) groups excluding carboxylic acids is 1. The van der Waals surface area contributed by atoms with Crippen molar-refractivity contribution in [3.63, 3.8) is 0 Å². The van der Waals surface area contributed by atoms with E-state index in [-0.39, 0.29) is 11.7 Å². The maximum absolute atomic E-state index is 12.1. The number of hydrogen-bond acceptors (Lipinski definition) is 5. The van der Waals surface area contributed by atoms with E-state index in [0.29, 0.717) is 34.9 Å². The quantitative estimate of drug-likeness (QED) is 0.637. The van der Waals surface area contributed by atoms with Crippen LogP contribution in [0.5, 0.6) is 0 Å². The normalized spacial score (nSPS) is 10.8. The second-order valence-corrected chi connectivity index (χ2v) is 6.60. The van der Waals surface area contributed by atoms with Crippen molar-refractivity contribution in [3.05, 3.63) is 53.2 Å². The van der Waals surface area contributed by atoms with Crippen LogP contribution in [0.4, 0.5) is 0 Å². The van der Waals surface area contributed by atoms with Gasteiger partial charge in [-0.25, -0.2) is 0 Å². The molecule has 0 spiro atoms. The lowest BCUT2D eigenvalue weighted by Crippen LogP contribution is -2.24. The zero-order chi connectivity index (χ0) is 17.6. The molecule has 25 heavy (non-hydrogen) atoms. The number of rotatable bonds is 7. The van der Waals surface area contributed by atoms with Crippen LogP contribution in [0.3, 0.4) is 0 Å². The van der Waals surface area contributed by atoms with Crippen molar-refractivity contribution in [2.45, 2.75) is 25.2 Å². The molecule has 1 N–H and O–H groups in total. The van der Waals surface area contributed by atoms with E-state index in [1.54, 1.807) is 24.5 Å². The highest BCUT2D eigenvalue weighted by atomic mass is 35.5. The summed E-state index contributed by atoms with van der Waals surface area (Å²) in [6.07, 6.45) is 1.60. The van der Waals surface area contributed by atoms with E-state index in [2.05, 4.69) is 15.5 Å². The van der Waals surface area contributed by atoms with Crippen molar-refractivity contribution in [2.24, 2.45) is 0 Å². The fourth-order valence-corrected chi connectivity index (χ4v) is 3.21. The van der Waals surface area contributed by atoms with E-state index in [1.807, 2.05) is 29.7 Å². The van der Waals surface area contributed by atoms with Gasteiger partial charge in [0, 0.05) is 18.1 Å². The Morgan fingerprint density at radius 1 is 1.28 bits per heavy atom. The predicted molar refractivity (Wildman–Crippen MR) is 97.4 cm³/mol. The molecule has 0 unspecified atom stereocenters. The molecule has 0 aliphatic heterocycles. The third-order valence-corrected chi connectivity index (χ3v) is 4.73. The van der Waals surface area contributed by atoms with Crippen LogP contribution in [-0.2, 0) is 17.9 Å². The molecule has 2 heterocycles. The molecule has 0 aliphatic rings. The molecule has 0 bridgehead atoms. The Balaban J connectivity index is 1.56. The summed E-state index contributed by atoms with van der Waals surface area (Å²) in [4.78, 5) is 12.1. The van der Waals surface area contributed by atoms with E-state index in [4.69, 9.17) is 16.0 Å². The molecule has 0 atom stereocenters. The number of amides is 1. The van der Waals surface area contributed by atoms with E-state index >= 15 is 0 Å². The molecule has 1 amide bonds. The van der Waals surface area contributed by atoms with Gasteiger partial charge in [0.05, 0.1) is 12.0 Å². The molecule has 1 aromatic carbocycles. The van der Waals surface area contributed by atoms with Gasteiger partial charge in [-0.15, -0.1) is 10.2 Å². The predicted octanol–water partition coefficient (Wildman–Crippen LogP) is 3.62. The SMILES string of the molecule is CCn1c(SCC(=O)NCc2ccc(Cl)cc2)nnc1-c1ccco1. The molecule has 0 radical (unpaired) electrons. The lowest BCUT2D eigenvalue weighted by atomic mass is 10.2. The van der Waals surface area contributed by atoms with Crippen LogP contribution < -0.4 is 5.32 Å². The number of thioether (sulfide) groups is 1. The van der Waals surface area contributed by atoms with Gasteiger partial charge in [-0.3, -0.25) is 9.36 Å². The summed E-state index contributed by atoms with van der Waals surface area (Å²) in [5.74, 6) is 1.53. The van der Waals surface area contributed by atoms with Crippen LogP contribution in [0.1, 0.15) is 12.5 Å². The fourth-order valence-electron chi connectivity index (χ4n) is 2.25. The lowest BCUT2D eigenvalue weighted by Gasteiger charge is -2.07. The Kier molecular flexibility index (Phi) is 5.78. The molecule has 6 nitrogen and oxygen atoms in total. The molecule has 3 aromatic rings. The van der Waals surface area contributed by atoms with E-state index in [0.717, 1.165) is 5.56 Å². The second kappa shape index (κ2) is 8.22. The number of nitrogens with one attached hydrogen (secondary N) is 1. The summed E-state index contributed by atoms with van der Waals surface area (Å²) < 4.78 is 7.30. The van der Waals surface area contributed by atoms with E-state index in [9.17, 15) is 4.79 Å². The Morgan fingerprint density at radius 2 is 2.08 bits per heavy atom. The molecular weight excluding hydrogens is 360 g/mol. The van der Waals surface area contributed by atoms with Crippen molar-refractivity contribution in [1.29, 1.82) is 0 Å². The third kappa shape index (κ3) is 4.43. The van der Waals surface area contributed by atoms with Crippen LogP contribution in [0.25, 0.3) is 11.6 Å². The van der Waals surface area contributed by atoms with Crippen molar-refractivity contribution < 1.29 is 9.21 Å². The van der Waals surface area contributed by atoms with Crippen LogP contribution in [0.15, 0.2) is 52.2 Å². The van der Waals surface area contributed by atoms with Gasteiger partial charge in [-0.2, -0.15) is 0 Å². The van der Waals surface area contributed by atoms with Crippen molar-refractivity contribution in [3.8, 4) is 11.6 Å². The second-order valence-electron chi connectivity index (χ2n) is 5.22. The standard InChI is InChI=1S/C17H17ClN4O2S/c1-2-22-16(14-4-3-9-24-14)20-21-17(22)25-11-15(23)19-10-12-5-7-13(18)8-6-12/h3-9H,2,10-11H2,1H3,(H,19,23). The Labute approximate surface area is 154 Å². The third-order valence-electron chi connectivity index (χ3n) is 3.51. The molecule has 0 saturated heterocycles. The summed E-state index contributed by atoms with van der Waals surface area (Å²) in [7, 11) is 0. The first-order valence-electron chi connectivity index (χ1n) is 7.78. The highest BCUT2D eigenvalue weighted by Crippen LogP contribution is 2.24. The number of furan rings is 1. The number of halogens is 1.